The molecule has 1 amide bonds. The van der Waals surface area contributed by atoms with Gasteiger partial charge >= 0.3 is 0 Å². The van der Waals surface area contributed by atoms with Crippen molar-refractivity contribution in [2.75, 3.05) is 24.5 Å². The normalized spacial score (nSPS) is 21.5. The van der Waals surface area contributed by atoms with Crippen molar-refractivity contribution in [3.63, 3.8) is 0 Å². The SMILES string of the molecule is O=C(c1ccccn1)N1C[C@@H]2CN(c3ccccn3)C[C@@H]2[C@@H]1c1cccc(F)c1.O=CO. The number of halogens is 1. The first-order valence-electron chi connectivity index (χ1n) is 10.3. The zero-order valence-electron chi connectivity index (χ0n) is 17.3. The molecule has 2 aromatic heterocycles. The Morgan fingerprint density at radius 1 is 1.00 bits per heavy atom. The van der Waals surface area contributed by atoms with Crippen molar-refractivity contribution < 1.29 is 19.1 Å². The molecule has 3 atom stereocenters. The van der Waals surface area contributed by atoms with Crippen LogP contribution < -0.4 is 4.90 Å². The Morgan fingerprint density at radius 3 is 2.41 bits per heavy atom. The van der Waals surface area contributed by atoms with Gasteiger partial charge in [-0.1, -0.05) is 24.3 Å². The van der Waals surface area contributed by atoms with Crippen LogP contribution in [-0.2, 0) is 4.79 Å². The lowest BCUT2D eigenvalue weighted by Gasteiger charge is -2.30. The number of carbonyl (C=O) groups is 2. The highest BCUT2D eigenvalue weighted by atomic mass is 19.1. The minimum Gasteiger partial charge on any atom is -0.483 e. The third-order valence-corrected chi connectivity index (χ3v) is 5.97. The number of benzene rings is 1. The van der Waals surface area contributed by atoms with Crippen molar-refractivity contribution in [3.05, 3.63) is 90.1 Å². The second-order valence-corrected chi connectivity index (χ2v) is 7.79. The van der Waals surface area contributed by atoms with Crippen LogP contribution in [0.5, 0.6) is 0 Å². The van der Waals surface area contributed by atoms with Crippen molar-refractivity contribution in [2.24, 2.45) is 11.8 Å². The van der Waals surface area contributed by atoms with E-state index in [1.54, 1.807) is 36.7 Å². The molecule has 2 aliphatic heterocycles. The van der Waals surface area contributed by atoms with Crippen LogP contribution in [0.1, 0.15) is 22.1 Å². The van der Waals surface area contributed by atoms with Gasteiger partial charge < -0.3 is 14.9 Å². The number of amides is 1. The first kappa shape index (κ1) is 21.4. The molecule has 3 aromatic rings. The molecule has 0 unspecified atom stereocenters. The molecule has 164 valence electrons. The Hall–Kier alpha value is -3.81. The Labute approximate surface area is 185 Å². The standard InChI is InChI=1S/C23H21FN4O.CH2O2/c24-18-7-5-6-16(12-18)22-19-15-27(21-9-2-4-11-26-21)13-17(19)14-28(22)23(29)20-8-1-3-10-25-20;2-1-3/h1-12,17,19,22H,13-15H2;1H,(H,2,3)/t17-,19-,22-;/m0./s1. The fourth-order valence-electron chi connectivity index (χ4n) is 4.74. The zero-order chi connectivity index (χ0) is 22.5. The number of carbonyl (C=O) groups excluding carboxylic acids is 1. The number of carboxylic acid groups (broad SMARTS) is 1. The van der Waals surface area contributed by atoms with Crippen molar-refractivity contribution >= 4 is 18.2 Å². The Kier molecular flexibility index (Phi) is 6.39. The van der Waals surface area contributed by atoms with Gasteiger partial charge in [0.05, 0.1) is 6.04 Å². The van der Waals surface area contributed by atoms with Gasteiger partial charge in [0.2, 0.25) is 0 Å². The molecule has 8 heteroatoms. The number of likely N-dealkylation sites (tertiary alicyclic amines) is 1. The van der Waals surface area contributed by atoms with Gasteiger partial charge in [0.15, 0.2) is 0 Å². The summed E-state index contributed by atoms with van der Waals surface area (Å²) in [6, 6.07) is 17.7. The van der Waals surface area contributed by atoms with E-state index in [1.165, 1.54) is 6.07 Å². The van der Waals surface area contributed by atoms with Crippen LogP contribution in [0, 0.1) is 17.7 Å². The number of aromatic nitrogens is 2. The summed E-state index contributed by atoms with van der Waals surface area (Å²) in [5, 5.41) is 6.89. The number of hydrogen-bond donors (Lipinski definition) is 1. The van der Waals surface area contributed by atoms with Gasteiger partial charge in [-0.3, -0.25) is 14.6 Å². The van der Waals surface area contributed by atoms with Crippen molar-refractivity contribution in [3.8, 4) is 0 Å². The summed E-state index contributed by atoms with van der Waals surface area (Å²) in [5.41, 5.74) is 1.26. The molecule has 5 rings (SSSR count). The molecule has 4 heterocycles. The molecule has 2 aliphatic rings. The highest BCUT2D eigenvalue weighted by Gasteiger charge is 2.49. The van der Waals surface area contributed by atoms with Crippen LogP contribution in [0.2, 0.25) is 0 Å². The van der Waals surface area contributed by atoms with E-state index < -0.39 is 0 Å². The molecule has 0 radical (unpaired) electrons. The first-order valence-corrected chi connectivity index (χ1v) is 10.3. The van der Waals surface area contributed by atoms with Gasteiger partial charge in [0.25, 0.3) is 12.4 Å². The van der Waals surface area contributed by atoms with Crippen LogP contribution in [0.25, 0.3) is 0 Å². The van der Waals surface area contributed by atoms with Gasteiger partial charge in [-0.2, -0.15) is 0 Å². The summed E-state index contributed by atoms with van der Waals surface area (Å²) in [6.07, 6.45) is 3.43. The summed E-state index contributed by atoms with van der Waals surface area (Å²) in [5.74, 6) is 1.08. The monoisotopic (exact) mass is 434 g/mol. The molecule has 1 aromatic carbocycles. The third-order valence-electron chi connectivity index (χ3n) is 5.97. The Morgan fingerprint density at radius 2 is 1.75 bits per heavy atom. The zero-order valence-corrected chi connectivity index (χ0v) is 17.3. The van der Waals surface area contributed by atoms with E-state index in [-0.39, 0.29) is 30.2 Å². The van der Waals surface area contributed by atoms with Crippen LogP contribution in [0.3, 0.4) is 0 Å². The van der Waals surface area contributed by atoms with E-state index in [0.29, 0.717) is 18.2 Å². The lowest BCUT2D eigenvalue weighted by atomic mass is 9.89. The van der Waals surface area contributed by atoms with E-state index in [2.05, 4.69) is 14.9 Å². The number of rotatable bonds is 3. The molecule has 7 nitrogen and oxygen atoms in total. The average molecular weight is 434 g/mol. The summed E-state index contributed by atoms with van der Waals surface area (Å²) in [6.45, 7) is 2.00. The average Bonchev–Trinajstić information content (AvgIpc) is 3.38. The van der Waals surface area contributed by atoms with Gasteiger partial charge in [-0.25, -0.2) is 9.37 Å². The number of pyridine rings is 2. The van der Waals surface area contributed by atoms with Crippen LogP contribution in [-0.4, -0.2) is 52.0 Å². The quantitative estimate of drug-likeness (QED) is 0.637. The molecular formula is C24H23FN4O3. The maximum absolute atomic E-state index is 14.0. The molecule has 2 fully saturated rings. The Balaban J connectivity index is 0.000000775. The number of fused-ring (bicyclic) bond motifs is 1. The molecule has 0 aliphatic carbocycles. The third kappa shape index (κ3) is 4.30. The topological polar surface area (TPSA) is 86.6 Å². The fourth-order valence-corrected chi connectivity index (χ4v) is 4.74. The van der Waals surface area contributed by atoms with Crippen LogP contribution in [0.4, 0.5) is 10.2 Å². The summed E-state index contributed by atoms with van der Waals surface area (Å²) < 4.78 is 14.0. The number of hydrogen-bond acceptors (Lipinski definition) is 5. The second kappa shape index (κ2) is 9.55. The smallest absolute Gasteiger partial charge is 0.290 e. The van der Waals surface area contributed by atoms with E-state index >= 15 is 0 Å². The largest absolute Gasteiger partial charge is 0.483 e. The maximum atomic E-state index is 14.0. The lowest BCUT2D eigenvalue weighted by molar-refractivity contribution is -0.122. The van der Waals surface area contributed by atoms with E-state index in [1.807, 2.05) is 35.2 Å². The van der Waals surface area contributed by atoms with Crippen molar-refractivity contribution in [1.29, 1.82) is 0 Å². The van der Waals surface area contributed by atoms with Crippen LogP contribution in [0.15, 0.2) is 73.1 Å². The van der Waals surface area contributed by atoms with Gasteiger partial charge in [-0.05, 0) is 42.0 Å². The molecule has 32 heavy (non-hydrogen) atoms. The summed E-state index contributed by atoms with van der Waals surface area (Å²) in [7, 11) is 0. The summed E-state index contributed by atoms with van der Waals surface area (Å²) >= 11 is 0. The van der Waals surface area contributed by atoms with E-state index in [4.69, 9.17) is 9.90 Å². The lowest BCUT2D eigenvalue weighted by Crippen LogP contribution is -2.36. The first-order chi connectivity index (χ1) is 15.6. The number of anilines is 1. The van der Waals surface area contributed by atoms with Crippen molar-refractivity contribution in [2.45, 2.75) is 6.04 Å². The van der Waals surface area contributed by atoms with Gasteiger partial charge in [-0.15, -0.1) is 0 Å². The van der Waals surface area contributed by atoms with Gasteiger partial charge in [0.1, 0.15) is 17.3 Å². The van der Waals surface area contributed by atoms with E-state index in [0.717, 1.165) is 24.5 Å². The predicted molar refractivity (Wildman–Crippen MR) is 117 cm³/mol. The highest BCUT2D eigenvalue weighted by Crippen LogP contribution is 2.46. The molecule has 0 saturated carbocycles. The highest BCUT2D eigenvalue weighted by molar-refractivity contribution is 5.92. The molecule has 2 saturated heterocycles. The molecular weight excluding hydrogens is 411 g/mol. The minimum atomic E-state index is -0.282. The second-order valence-electron chi connectivity index (χ2n) is 7.79. The fraction of sp³-hybridized carbons (Fsp3) is 0.250. The summed E-state index contributed by atoms with van der Waals surface area (Å²) in [4.78, 5) is 34.5. The predicted octanol–water partition coefficient (Wildman–Crippen LogP) is 3.27. The van der Waals surface area contributed by atoms with Gasteiger partial charge in [0, 0.05) is 43.9 Å². The molecule has 0 spiro atoms. The Bertz CT molecular complexity index is 1070. The van der Waals surface area contributed by atoms with E-state index in [9.17, 15) is 9.18 Å². The minimum absolute atomic E-state index is 0.0985. The molecule has 1 N–H and O–H groups in total. The van der Waals surface area contributed by atoms with Crippen molar-refractivity contribution in [1.82, 2.24) is 14.9 Å². The molecule has 0 bridgehead atoms. The van der Waals surface area contributed by atoms with Crippen LogP contribution >= 0.6 is 0 Å². The maximum Gasteiger partial charge on any atom is 0.290 e. The number of nitrogens with zero attached hydrogens (tertiary/aromatic N) is 4.